The van der Waals surface area contributed by atoms with Crippen LogP contribution in [0.3, 0.4) is 0 Å². The van der Waals surface area contributed by atoms with Crippen LogP contribution in [0.2, 0.25) is 0 Å². The van der Waals surface area contributed by atoms with Crippen LogP contribution in [0, 0.1) is 10.8 Å². The zero-order chi connectivity index (χ0) is 19.8. The Morgan fingerprint density at radius 2 is 1.93 bits per heavy atom. The molecule has 1 aromatic carbocycles. The highest BCUT2D eigenvalue weighted by Crippen LogP contribution is 2.28. The minimum Gasteiger partial charge on any atom is -0.510 e. The van der Waals surface area contributed by atoms with E-state index in [-0.39, 0.29) is 5.76 Å². The summed E-state index contributed by atoms with van der Waals surface area (Å²) in [5, 5.41) is 14.5. The number of allylic oxidation sites excluding steroid dienone is 1. The topological polar surface area (TPSA) is 100 Å². The van der Waals surface area contributed by atoms with Crippen LogP contribution < -0.4 is 14.8 Å². The van der Waals surface area contributed by atoms with Crippen molar-refractivity contribution in [1.82, 2.24) is 10.2 Å². The quantitative estimate of drug-likeness (QED) is 0.410. The molecule has 0 atom stereocenters. The van der Waals surface area contributed by atoms with E-state index < -0.39 is 11.6 Å². The number of ether oxygens (including phenoxy) is 2. The predicted molar refractivity (Wildman–Crippen MR) is 102 cm³/mol. The Kier molecular flexibility index (Phi) is 7.60. The molecule has 0 aliphatic carbocycles. The first-order chi connectivity index (χ1) is 13.0. The maximum Gasteiger partial charge on any atom is 0.277 e. The number of benzene rings is 1. The van der Waals surface area contributed by atoms with Gasteiger partial charge < -0.3 is 19.9 Å². The number of nitroso groups, excluding NO2 is 1. The third-order valence-corrected chi connectivity index (χ3v) is 4.76. The predicted octanol–water partition coefficient (Wildman–Crippen LogP) is 2.59. The monoisotopic (exact) mass is 377 g/mol. The van der Waals surface area contributed by atoms with Crippen LogP contribution in [0.15, 0.2) is 34.8 Å². The van der Waals surface area contributed by atoms with Crippen molar-refractivity contribution >= 4 is 5.91 Å². The van der Waals surface area contributed by atoms with Gasteiger partial charge in [0.1, 0.15) is 5.76 Å². The molecule has 1 saturated heterocycles. The molecule has 1 aliphatic rings. The molecule has 0 spiro atoms. The first-order valence-corrected chi connectivity index (χ1v) is 8.93. The highest BCUT2D eigenvalue weighted by Gasteiger charge is 2.21. The molecule has 2 rings (SSSR count). The molecule has 0 bridgehead atoms. The Bertz CT molecular complexity index is 693. The van der Waals surface area contributed by atoms with Crippen molar-refractivity contribution < 1.29 is 19.4 Å². The van der Waals surface area contributed by atoms with Gasteiger partial charge >= 0.3 is 0 Å². The molecule has 8 nitrogen and oxygen atoms in total. The van der Waals surface area contributed by atoms with Crippen molar-refractivity contribution in [3.8, 4) is 11.5 Å². The van der Waals surface area contributed by atoms with Crippen LogP contribution in [0.1, 0.15) is 25.3 Å². The average Bonchev–Trinajstić information content (AvgIpc) is 2.67. The fourth-order valence-electron chi connectivity index (χ4n) is 3.18. The lowest BCUT2D eigenvalue weighted by atomic mass is 9.96. The van der Waals surface area contributed by atoms with Crippen LogP contribution in [0.5, 0.6) is 11.5 Å². The van der Waals surface area contributed by atoms with Crippen LogP contribution in [0.25, 0.3) is 0 Å². The Labute approximate surface area is 159 Å². The van der Waals surface area contributed by atoms with Gasteiger partial charge in [0, 0.05) is 13.1 Å². The zero-order valence-electron chi connectivity index (χ0n) is 16.0. The smallest absolute Gasteiger partial charge is 0.277 e. The number of piperidine rings is 1. The minimum atomic E-state index is -0.627. The Balaban J connectivity index is 1.81. The van der Waals surface area contributed by atoms with E-state index in [2.05, 4.69) is 15.4 Å². The Hall–Kier alpha value is -2.61. The maximum absolute atomic E-state index is 11.8. The Morgan fingerprint density at radius 1 is 1.26 bits per heavy atom. The van der Waals surface area contributed by atoms with E-state index in [9.17, 15) is 14.8 Å². The third-order valence-electron chi connectivity index (χ3n) is 4.76. The number of aliphatic hydroxyl groups excluding tert-OH is 1. The molecule has 1 heterocycles. The van der Waals surface area contributed by atoms with E-state index in [4.69, 9.17) is 9.47 Å². The number of aliphatic hydroxyl groups is 1. The maximum atomic E-state index is 11.8. The normalized spacial score (nSPS) is 16.4. The second-order valence-electron chi connectivity index (χ2n) is 6.64. The van der Waals surface area contributed by atoms with Crippen molar-refractivity contribution in [2.24, 2.45) is 11.1 Å². The summed E-state index contributed by atoms with van der Waals surface area (Å²) in [5.74, 6) is 0.777. The van der Waals surface area contributed by atoms with Gasteiger partial charge in [-0.25, -0.2) is 0 Å². The number of hydrogen-bond acceptors (Lipinski definition) is 7. The summed E-state index contributed by atoms with van der Waals surface area (Å²) >= 11 is 0. The van der Waals surface area contributed by atoms with Crippen molar-refractivity contribution in [1.29, 1.82) is 0 Å². The van der Waals surface area contributed by atoms with E-state index in [1.165, 1.54) is 6.92 Å². The largest absolute Gasteiger partial charge is 0.510 e. The summed E-state index contributed by atoms with van der Waals surface area (Å²) in [6.07, 6.45) is 1.89. The zero-order valence-corrected chi connectivity index (χ0v) is 16.0. The standard InChI is InChI=1S/C19H27N3O5/c1-13(23)18(21-25)19(24)20-11-14-6-8-22(9-7-14)12-15-4-5-16(26-2)17(10-15)27-3/h4-5,10,14,23H,6-9,11-12H2,1-3H3,(H,20,24)/b18-13+. The SMILES string of the molecule is COc1ccc(CN2CCC(CNC(=O)/C(N=O)=C(/C)O)CC2)cc1OC. The van der Waals surface area contributed by atoms with Gasteiger partial charge in [0.25, 0.3) is 5.91 Å². The lowest BCUT2D eigenvalue weighted by Gasteiger charge is -2.32. The second-order valence-corrected chi connectivity index (χ2v) is 6.64. The first kappa shape index (κ1) is 20.7. The van der Waals surface area contributed by atoms with E-state index in [0.29, 0.717) is 18.2 Å². The van der Waals surface area contributed by atoms with Gasteiger partial charge in [0.15, 0.2) is 11.5 Å². The number of rotatable bonds is 8. The van der Waals surface area contributed by atoms with Crippen LogP contribution in [0.4, 0.5) is 0 Å². The molecule has 2 N–H and O–H groups in total. The number of carbonyl (C=O) groups is 1. The van der Waals surface area contributed by atoms with E-state index in [1.54, 1.807) is 14.2 Å². The molecule has 0 saturated carbocycles. The summed E-state index contributed by atoms with van der Waals surface area (Å²) in [6.45, 7) is 4.40. The molecule has 0 radical (unpaired) electrons. The molecule has 1 amide bonds. The van der Waals surface area contributed by atoms with Gasteiger partial charge in [-0.15, -0.1) is 4.91 Å². The highest BCUT2D eigenvalue weighted by molar-refractivity contribution is 5.93. The summed E-state index contributed by atoms with van der Waals surface area (Å²) in [6, 6.07) is 5.93. The molecular formula is C19H27N3O5. The second kappa shape index (κ2) is 9.91. The molecule has 1 fully saturated rings. The van der Waals surface area contributed by atoms with Crippen LogP contribution in [-0.2, 0) is 11.3 Å². The number of methoxy groups -OCH3 is 2. The van der Waals surface area contributed by atoms with Crippen LogP contribution >= 0.6 is 0 Å². The number of carbonyl (C=O) groups excluding carboxylic acids is 1. The molecule has 0 aromatic heterocycles. The molecule has 1 aliphatic heterocycles. The van der Waals surface area contributed by atoms with Crippen molar-refractivity contribution in [2.75, 3.05) is 33.9 Å². The lowest BCUT2D eigenvalue weighted by Crippen LogP contribution is -2.38. The van der Waals surface area contributed by atoms with Crippen molar-refractivity contribution in [3.05, 3.63) is 40.1 Å². The molecule has 148 valence electrons. The van der Waals surface area contributed by atoms with Gasteiger partial charge in [0.05, 0.1) is 14.2 Å². The van der Waals surface area contributed by atoms with Gasteiger partial charge in [-0.05, 0) is 61.6 Å². The highest BCUT2D eigenvalue weighted by atomic mass is 16.5. The summed E-state index contributed by atoms with van der Waals surface area (Å²) < 4.78 is 10.6. The molecule has 27 heavy (non-hydrogen) atoms. The van der Waals surface area contributed by atoms with E-state index in [1.807, 2.05) is 18.2 Å². The minimum absolute atomic E-state index is 0.336. The fourth-order valence-corrected chi connectivity index (χ4v) is 3.18. The van der Waals surface area contributed by atoms with E-state index >= 15 is 0 Å². The number of amides is 1. The Morgan fingerprint density at radius 3 is 2.48 bits per heavy atom. The van der Waals surface area contributed by atoms with Crippen molar-refractivity contribution in [3.63, 3.8) is 0 Å². The van der Waals surface area contributed by atoms with Gasteiger partial charge in [0.2, 0.25) is 5.70 Å². The van der Waals surface area contributed by atoms with Crippen LogP contribution in [-0.4, -0.2) is 49.8 Å². The number of nitrogens with one attached hydrogen (secondary N) is 1. The lowest BCUT2D eigenvalue weighted by molar-refractivity contribution is -0.118. The molecular weight excluding hydrogens is 350 g/mol. The van der Waals surface area contributed by atoms with Gasteiger partial charge in [-0.1, -0.05) is 6.07 Å². The van der Waals surface area contributed by atoms with E-state index in [0.717, 1.165) is 43.8 Å². The van der Waals surface area contributed by atoms with Gasteiger partial charge in [-0.3, -0.25) is 9.69 Å². The summed E-state index contributed by atoms with van der Waals surface area (Å²) in [7, 11) is 3.24. The first-order valence-electron chi connectivity index (χ1n) is 8.93. The molecule has 0 unspecified atom stereocenters. The van der Waals surface area contributed by atoms with Gasteiger partial charge in [-0.2, -0.15) is 0 Å². The summed E-state index contributed by atoms with van der Waals surface area (Å²) in [5.41, 5.74) is 0.700. The number of hydrogen-bond donors (Lipinski definition) is 2. The van der Waals surface area contributed by atoms with Crippen molar-refractivity contribution in [2.45, 2.75) is 26.3 Å². The number of likely N-dealkylation sites (tertiary alicyclic amines) is 1. The molecule has 1 aromatic rings. The number of nitrogens with zero attached hydrogens (tertiary/aromatic N) is 2. The molecule has 8 heteroatoms. The summed E-state index contributed by atoms with van der Waals surface area (Å²) in [4.78, 5) is 24.8. The fraction of sp³-hybridized carbons (Fsp3) is 0.526. The third kappa shape index (κ3) is 5.68. The average molecular weight is 377 g/mol.